The first-order valence-electron chi connectivity index (χ1n) is 9.64. The van der Waals surface area contributed by atoms with Crippen molar-refractivity contribution >= 4 is 17.5 Å². The Morgan fingerprint density at radius 1 is 1.03 bits per heavy atom. The summed E-state index contributed by atoms with van der Waals surface area (Å²) in [5.41, 5.74) is 3.92. The summed E-state index contributed by atoms with van der Waals surface area (Å²) in [7, 11) is 0. The second kappa shape index (κ2) is 7.90. The molecule has 0 saturated carbocycles. The smallest absolute Gasteiger partial charge is 0.321 e. The third-order valence-electron chi connectivity index (χ3n) is 4.90. The Labute approximate surface area is 169 Å². The number of aromatic nitrogens is 3. The van der Waals surface area contributed by atoms with Crippen LogP contribution in [0.4, 0.5) is 16.3 Å². The van der Waals surface area contributed by atoms with Gasteiger partial charge in [0.1, 0.15) is 5.82 Å². The number of nitrogens with zero attached hydrogens (tertiary/aromatic N) is 5. The number of aryl methyl sites for hydroxylation is 3. The number of anilines is 2. The van der Waals surface area contributed by atoms with Crippen LogP contribution in [-0.2, 0) is 0 Å². The lowest BCUT2D eigenvalue weighted by Crippen LogP contribution is -2.50. The maximum atomic E-state index is 12.6. The molecule has 2 amide bonds. The number of nitrogens with one attached hydrogen (secondary N) is 1. The average molecular weight is 392 g/mol. The van der Waals surface area contributed by atoms with E-state index in [0.717, 1.165) is 41.3 Å². The van der Waals surface area contributed by atoms with Crippen LogP contribution in [0.25, 0.3) is 11.4 Å². The van der Waals surface area contributed by atoms with Crippen molar-refractivity contribution < 1.29 is 9.32 Å². The molecule has 1 aromatic carbocycles. The van der Waals surface area contributed by atoms with Crippen LogP contribution in [0.15, 0.2) is 41.1 Å². The molecule has 1 N–H and O–H groups in total. The second-order valence-electron chi connectivity index (χ2n) is 7.32. The Balaban J connectivity index is 1.34. The van der Waals surface area contributed by atoms with Crippen molar-refractivity contribution in [3.8, 4) is 11.4 Å². The lowest BCUT2D eigenvalue weighted by Gasteiger charge is -2.35. The number of amides is 2. The predicted molar refractivity (Wildman–Crippen MR) is 111 cm³/mol. The number of pyridine rings is 1. The Hall–Kier alpha value is -3.42. The van der Waals surface area contributed by atoms with Crippen molar-refractivity contribution in [2.24, 2.45) is 0 Å². The number of benzene rings is 1. The first-order chi connectivity index (χ1) is 14.0. The van der Waals surface area contributed by atoms with Crippen LogP contribution in [0, 0.1) is 20.8 Å². The topological polar surface area (TPSA) is 87.4 Å². The van der Waals surface area contributed by atoms with Gasteiger partial charge in [-0.1, -0.05) is 11.2 Å². The minimum Gasteiger partial charge on any atom is -0.353 e. The van der Waals surface area contributed by atoms with Gasteiger partial charge in [0.15, 0.2) is 0 Å². The molecule has 0 aliphatic carbocycles. The molecule has 0 radical (unpaired) electrons. The van der Waals surface area contributed by atoms with Crippen LogP contribution >= 0.6 is 0 Å². The Morgan fingerprint density at radius 2 is 1.76 bits per heavy atom. The molecule has 29 heavy (non-hydrogen) atoms. The molecule has 2 aromatic heterocycles. The molecule has 8 nitrogen and oxygen atoms in total. The van der Waals surface area contributed by atoms with Gasteiger partial charge in [-0.2, -0.15) is 4.98 Å². The highest BCUT2D eigenvalue weighted by atomic mass is 16.5. The molecule has 1 saturated heterocycles. The Kier molecular flexibility index (Phi) is 5.16. The first kappa shape index (κ1) is 18.9. The van der Waals surface area contributed by atoms with Gasteiger partial charge in [0.05, 0.1) is 0 Å². The molecule has 0 bridgehead atoms. The van der Waals surface area contributed by atoms with E-state index in [1.807, 2.05) is 43.0 Å². The van der Waals surface area contributed by atoms with Gasteiger partial charge in [0.2, 0.25) is 11.7 Å². The quantitative estimate of drug-likeness (QED) is 0.735. The fourth-order valence-electron chi connectivity index (χ4n) is 3.51. The van der Waals surface area contributed by atoms with Gasteiger partial charge in [-0.15, -0.1) is 0 Å². The van der Waals surface area contributed by atoms with Gasteiger partial charge in [0, 0.05) is 50.6 Å². The standard InChI is InChI=1S/C21H24N6O2/c1-14-10-15(2)12-18(11-14)24-21(28)27-8-6-26(7-9-27)19-5-4-17(13-22-19)20-23-16(3)29-25-20/h4-5,10-13H,6-9H2,1-3H3,(H,24,28). The normalized spacial score (nSPS) is 14.2. The molecular formula is C21H24N6O2. The van der Waals surface area contributed by atoms with Gasteiger partial charge in [-0.3, -0.25) is 0 Å². The molecule has 8 heteroatoms. The van der Waals surface area contributed by atoms with Crippen molar-refractivity contribution in [3.05, 3.63) is 53.5 Å². The van der Waals surface area contributed by atoms with E-state index in [0.29, 0.717) is 24.8 Å². The molecule has 1 fully saturated rings. The number of piperazine rings is 1. The summed E-state index contributed by atoms with van der Waals surface area (Å²) in [6, 6.07) is 9.88. The zero-order valence-corrected chi connectivity index (χ0v) is 16.8. The van der Waals surface area contributed by atoms with E-state index < -0.39 is 0 Å². The van der Waals surface area contributed by atoms with E-state index in [4.69, 9.17) is 4.52 Å². The van der Waals surface area contributed by atoms with E-state index >= 15 is 0 Å². The molecule has 3 aromatic rings. The van der Waals surface area contributed by atoms with Crippen molar-refractivity contribution in [1.82, 2.24) is 20.0 Å². The highest BCUT2D eigenvalue weighted by Crippen LogP contribution is 2.20. The van der Waals surface area contributed by atoms with Gasteiger partial charge < -0.3 is 19.6 Å². The van der Waals surface area contributed by atoms with Crippen molar-refractivity contribution in [3.63, 3.8) is 0 Å². The SMILES string of the molecule is Cc1cc(C)cc(NC(=O)N2CCN(c3ccc(-c4noc(C)n4)cn3)CC2)c1. The Morgan fingerprint density at radius 3 is 2.34 bits per heavy atom. The third-order valence-corrected chi connectivity index (χ3v) is 4.90. The molecule has 0 unspecified atom stereocenters. The van der Waals surface area contributed by atoms with Crippen LogP contribution in [0.5, 0.6) is 0 Å². The highest BCUT2D eigenvalue weighted by Gasteiger charge is 2.22. The third kappa shape index (κ3) is 4.37. The molecule has 0 atom stereocenters. The number of carbonyl (C=O) groups excluding carboxylic acids is 1. The lowest BCUT2D eigenvalue weighted by atomic mass is 10.1. The number of rotatable bonds is 3. The molecule has 3 heterocycles. The van der Waals surface area contributed by atoms with E-state index in [-0.39, 0.29) is 6.03 Å². The minimum atomic E-state index is -0.0644. The zero-order chi connectivity index (χ0) is 20.4. The molecule has 1 aliphatic heterocycles. The van der Waals surface area contributed by atoms with Crippen LogP contribution < -0.4 is 10.2 Å². The van der Waals surface area contributed by atoms with E-state index in [1.165, 1.54) is 0 Å². The van der Waals surface area contributed by atoms with E-state index in [1.54, 1.807) is 13.1 Å². The summed E-state index contributed by atoms with van der Waals surface area (Å²) in [5, 5.41) is 6.92. The second-order valence-corrected chi connectivity index (χ2v) is 7.32. The van der Waals surface area contributed by atoms with Crippen LogP contribution in [0.3, 0.4) is 0 Å². The van der Waals surface area contributed by atoms with Crippen LogP contribution in [0.1, 0.15) is 17.0 Å². The molecule has 1 aliphatic rings. The average Bonchev–Trinajstić information content (AvgIpc) is 3.14. The number of carbonyl (C=O) groups is 1. The minimum absolute atomic E-state index is 0.0644. The van der Waals surface area contributed by atoms with E-state index in [9.17, 15) is 4.79 Å². The summed E-state index contributed by atoms with van der Waals surface area (Å²) >= 11 is 0. The number of hydrogen-bond donors (Lipinski definition) is 1. The fourth-order valence-corrected chi connectivity index (χ4v) is 3.51. The number of hydrogen-bond acceptors (Lipinski definition) is 6. The fraction of sp³-hybridized carbons (Fsp3) is 0.333. The summed E-state index contributed by atoms with van der Waals surface area (Å²) in [6.07, 6.45) is 1.75. The maximum absolute atomic E-state index is 12.6. The van der Waals surface area contributed by atoms with E-state index in [2.05, 4.69) is 31.4 Å². The van der Waals surface area contributed by atoms with Crippen LogP contribution in [-0.4, -0.2) is 52.2 Å². The molecular weight excluding hydrogens is 368 g/mol. The summed E-state index contributed by atoms with van der Waals surface area (Å²) in [5.74, 6) is 1.94. The largest absolute Gasteiger partial charge is 0.353 e. The van der Waals surface area contributed by atoms with Crippen molar-refractivity contribution in [2.75, 3.05) is 36.4 Å². The monoisotopic (exact) mass is 392 g/mol. The van der Waals surface area contributed by atoms with Crippen molar-refractivity contribution in [2.45, 2.75) is 20.8 Å². The summed E-state index contributed by atoms with van der Waals surface area (Å²) < 4.78 is 5.01. The summed E-state index contributed by atoms with van der Waals surface area (Å²) in [6.45, 7) is 8.56. The molecule has 4 rings (SSSR count). The lowest BCUT2D eigenvalue weighted by molar-refractivity contribution is 0.208. The summed E-state index contributed by atoms with van der Waals surface area (Å²) in [4.78, 5) is 25.4. The number of urea groups is 1. The highest BCUT2D eigenvalue weighted by molar-refractivity contribution is 5.89. The molecule has 0 spiro atoms. The molecule has 150 valence electrons. The van der Waals surface area contributed by atoms with Gasteiger partial charge in [-0.05, 0) is 49.2 Å². The maximum Gasteiger partial charge on any atom is 0.321 e. The van der Waals surface area contributed by atoms with Gasteiger partial charge >= 0.3 is 6.03 Å². The van der Waals surface area contributed by atoms with Gasteiger partial charge in [-0.25, -0.2) is 9.78 Å². The first-order valence-corrected chi connectivity index (χ1v) is 9.64. The van der Waals surface area contributed by atoms with Gasteiger partial charge in [0.25, 0.3) is 0 Å². The van der Waals surface area contributed by atoms with Crippen molar-refractivity contribution in [1.29, 1.82) is 0 Å². The zero-order valence-electron chi connectivity index (χ0n) is 16.8. The predicted octanol–water partition coefficient (Wildman–Crippen LogP) is 3.41. The Bertz CT molecular complexity index is 986. The van der Waals surface area contributed by atoms with Crippen LogP contribution in [0.2, 0.25) is 0 Å².